The molecule has 2 heterocycles. The summed E-state index contributed by atoms with van der Waals surface area (Å²) in [5, 5.41) is 0. The predicted octanol–water partition coefficient (Wildman–Crippen LogP) is 1.98. The van der Waals surface area contributed by atoms with Gasteiger partial charge in [0.1, 0.15) is 0 Å². The number of aryl methyl sites for hydroxylation is 1. The fraction of sp³-hybridized carbons (Fsp3) is 0.100. The van der Waals surface area contributed by atoms with Crippen molar-refractivity contribution in [3.05, 3.63) is 48.4 Å². The molecule has 1 radical (unpaired) electrons. The first-order valence-corrected chi connectivity index (χ1v) is 3.84. The molecular formula is C10H9IrN2-. The van der Waals surface area contributed by atoms with Gasteiger partial charge in [0.2, 0.25) is 0 Å². The number of hydrogen-bond donors (Lipinski definition) is 0. The van der Waals surface area contributed by atoms with E-state index in [2.05, 4.69) is 11.2 Å². The van der Waals surface area contributed by atoms with Crippen LogP contribution in [0.2, 0.25) is 0 Å². The molecule has 0 fully saturated rings. The maximum Gasteiger partial charge on any atom is 0.0535 e. The molecule has 69 valence electrons. The van der Waals surface area contributed by atoms with Gasteiger partial charge in [-0.3, -0.25) is 4.98 Å². The molecule has 0 N–H and O–H groups in total. The molecule has 0 atom stereocenters. The summed E-state index contributed by atoms with van der Waals surface area (Å²) in [6, 6.07) is 7.76. The summed E-state index contributed by atoms with van der Waals surface area (Å²) in [5.41, 5.74) is 1.20. The summed E-state index contributed by atoms with van der Waals surface area (Å²) in [6.45, 7) is 2.04. The van der Waals surface area contributed by atoms with E-state index in [4.69, 9.17) is 0 Å². The van der Waals surface area contributed by atoms with Crippen LogP contribution < -0.4 is 0 Å². The molecule has 0 unspecified atom stereocenters. The molecule has 3 heteroatoms. The van der Waals surface area contributed by atoms with Crippen molar-refractivity contribution in [2.24, 2.45) is 0 Å². The third kappa shape index (κ3) is 2.27. The van der Waals surface area contributed by atoms with Crippen LogP contribution >= 0.6 is 0 Å². The predicted molar refractivity (Wildman–Crippen MR) is 47.1 cm³/mol. The maximum absolute atomic E-state index is 4.19. The molecule has 0 aromatic carbocycles. The molecule has 13 heavy (non-hydrogen) atoms. The number of hydrogen-bond acceptors (Lipinski definition) is 1. The molecule has 0 spiro atoms. The molecule has 0 amide bonds. The van der Waals surface area contributed by atoms with Crippen LogP contribution in [-0.4, -0.2) is 9.55 Å². The van der Waals surface area contributed by atoms with Gasteiger partial charge in [-0.15, -0.1) is 17.8 Å². The average Bonchev–Trinajstić information content (AvgIpc) is 2.54. The smallest absolute Gasteiger partial charge is 0.0535 e. The number of aromatic nitrogens is 2. The van der Waals surface area contributed by atoms with Crippen LogP contribution in [0, 0.1) is 13.1 Å². The van der Waals surface area contributed by atoms with E-state index in [0.29, 0.717) is 0 Å². The van der Waals surface area contributed by atoms with E-state index in [1.807, 2.05) is 42.0 Å². The Bertz CT molecular complexity index is 367. The molecule has 0 saturated heterocycles. The third-order valence-corrected chi connectivity index (χ3v) is 1.66. The Morgan fingerprint density at radius 3 is 2.77 bits per heavy atom. The van der Waals surface area contributed by atoms with Crippen LogP contribution in [0.1, 0.15) is 5.56 Å². The van der Waals surface area contributed by atoms with Crippen molar-refractivity contribution in [1.82, 2.24) is 9.55 Å². The quantitative estimate of drug-likeness (QED) is 0.720. The Balaban J connectivity index is 0.000000845. The third-order valence-electron chi connectivity index (χ3n) is 1.66. The van der Waals surface area contributed by atoms with Gasteiger partial charge >= 0.3 is 0 Å². The summed E-state index contributed by atoms with van der Waals surface area (Å²) in [5.74, 6) is 0.908. The van der Waals surface area contributed by atoms with Gasteiger partial charge in [-0.2, -0.15) is 0 Å². The van der Waals surface area contributed by atoms with E-state index >= 15 is 0 Å². The van der Waals surface area contributed by atoms with E-state index in [1.165, 1.54) is 5.56 Å². The molecule has 2 aromatic heterocycles. The Morgan fingerprint density at radius 1 is 1.38 bits per heavy atom. The minimum absolute atomic E-state index is 0. The number of rotatable bonds is 1. The summed E-state index contributed by atoms with van der Waals surface area (Å²) < 4.78 is 1.88. The van der Waals surface area contributed by atoms with Crippen molar-refractivity contribution in [1.29, 1.82) is 0 Å². The van der Waals surface area contributed by atoms with E-state index in [-0.39, 0.29) is 20.1 Å². The molecule has 0 saturated carbocycles. The number of pyridine rings is 1. The van der Waals surface area contributed by atoms with Crippen molar-refractivity contribution < 1.29 is 20.1 Å². The van der Waals surface area contributed by atoms with Crippen LogP contribution in [0.5, 0.6) is 0 Å². The van der Waals surface area contributed by atoms with Crippen molar-refractivity contribution in [3.8, 4) is 5.82 Å². The molecular weight excluding hydrogens is 340 g/mol. The standard InChI is InChI=1S/C10H9N2.Ir/c1-9-5-7-12(8-9)10-4-2-3-6-11-10;/h2-6,8H,1H3;/q-1;. The van der Waals surface area contributed by atoms with Gasteiger partial charge in [0, 0.05) is 26.3 Å². The monoisotopic (exact) mass is 350 g/mol. The van der Waals surface area contributed by atoms with Crippen LogP contribution in [-0.2, 0) is 20.1 Å². The van der Waals surface area contributed by atoms with Crippen LogP contribution in [0.3, 0.4) is 0 Å². The fourth-order valence-electron chi connectivity index (χ4n) is 1.08. The van der Waals surface area contributed by atoms with Crippen LogP contribution in [0.15, 0.2) is 36.7 Å². The Kier molecular flexibility index (Phi) is 3.40. The average molecular weight is 349 g/mol. The van der Waals surface area contributed by atoms with Gasteiger partial charge in [0.15, 0.2) is 0 Å². The molecule has 0 bridgehead atoms. The molecule has 0 aliphatic carbocycles. The molecule has 0 aliphatic heterocycles. The largest absolute Gasteiger partial charge is 0.435 e. The topological polar surface area (TPSA) is 17.8 Å². The van der Waals surface area contributed by atoms with Crippen molar-refractivity contribution in [2.75, 3.05) is 0 Å². The number of nitrogens with zero attached hydrogens (tertiary/aromatic N) is 2. The molecule has 2 nitrogen and oxygen atoms in total. The van der Waals surface area contributed by atoms with E-state index in [1.54, 1.807) is 6.20 Å². The fourth-order valence-corrected chi connectivity index (χ4v) is 1.08. The first kappa shape index (κ1) is 10.2. The Morgan fingerprint density at radius 2 is 2.23 bits per heavy atom. The maximum atomic E-state index is 4.19. The minimum atomic E-state index is 0. The van der Waals surface area contributed by atoms with Crippen molar-refractivity contribution >= 4 is 0 Å². The zero-order chi connectivity index (χ0) is 8.39. The SMILES string of the molecule is Cc1c[c-]n(-c2ccccn2)c1.[Ir]. The Hall–Kier alpha value is -0.921. The van der Waals surface area contributed by atoms with E-state index < -0.39 is 0 Å². The Labute approximate surface area is 91.0 Å². The first-order chi connectivity index (χ1) is 5.86. The van der Waals surface area contributed by atoms with Gasteiger partial charge < -0.3 is 4.57 Å². The van der Waals surface area contributed by atoms with Gasteiger partial charge in [-0.1, -0.05) is 25.3 Å². The molecule has 0 aliphatic rings. The van der Waals surface area contributed by atoms with Crippen molar-refractivity contribution in [3.63, 3.8) is 0 Å². The second kappa shape index (κ2) is 4.35. The van der Waals surface area contributed by atoms with Crippen molar-refractivity contribution in [2.45, 2.75) is 6.92 Å². The summed E-state index contributed by atoms with van der Waals surface area (Å²) in [6.07, 6.45) is 6.85. The summed E-state index contributed by atoms with van der Waals surface area (Å²) in [7, 11) is 0. The second-order valence-electron chi connectivity index (χ2n) is 2.70. The molecule has 2 aromatic rings. The normalized spacial score (nSPS) is 9.31. The van der Waals surface area contributed by atoms with Gasteiger partial charge in [-0.25, -0.2) is 0 Å². The first-order valence-electron chi connectivity index (χ1n) is 3.84. The van der Waals surface area contributed by atoms with Gasteiger partial charge in [-0.05, 0) is 6.07 Å². The van der Waals surface area contributed by atoms with Gasteiger partial charge in [0.05, 0.1) is 5.82 Å². The summed E-state index contributed by atoms with van der Waals surface area (Å²) >= 11 is 0. The van der Waals surface area contributed by atoms with Crippen LogP contribution in [0.25, 0.3) is 5.82 Å². The van der Waals surface area contributed by atoms with Crippen LogP contribution in [0.4, 0.5) is 0 Å². The minimum Gasteiger partial charge on any atom is -0.435 e. The molecule has 2 rings (SSSR count). The zero-order valence-electron chi connectivity index (χ0n) is 7.19. The van der Waals surface area contributed by atoms with Gasteiger partial charge in [0.25, 0.3) is 0 Å². The van der Waals surface area contributed by atoms with E-state index in [0.717, 1.165) is 5.82 Å². The zero-order valence-corrected chi connectivity index (χ0v) is 9.59. The van der Waals surface area contributed by atoms with E-state index in [9.17, 15) is 0 Å². The second-order valence-corrected chi connectivity index (χ2v) is 2.70. The summed E-state index contributed by atoms with van der Waals surface area (Å²) in [4.78, 5) is 4.19.